The molecule has 0 spiro atoms. The minimum absolute atomic E-state index is 0.109. The Bertz CT molecular complexity index is 970. The molecule has 0 aromatic heterocycles. The number of halogens is 2. The van der Waals surface area contributed by atoms with Crippen molar-refractivity contribution < 1.29 is 15.0 Å². The maximum Gasteiger partial charge on any atom is 0.193 e. The van der Waals surface area contributed by atoms with Gasteiger partial charge in [0.05, 0.1) is 10.0 Å². The fraction of sp³-hybridized carbons (Fsp3) is 0.0952. The molecule has 0 atom stereocenters. The van der Waals surface area contributed by atoms with Crippen LogP contribution in [0.1, 0.15) is 32.6 Å². The fourth-order valence-corrected chi connectivity index (χ4v) is 4.11. The average molecular weight is 385 g/mol. The summed E-state index contributed by atoms with van der Waals surface area (Å²) in [7, 11) is 0. The summed E-state index contributed by atoms with van der Waals surface area (Å²) in [6.07, 6.45) is 0.161. The van der Waals surface area contributed by atoms with E-state index in [9.17, 15) is 15.0 Å². The van der Waals surface area contributed by atoms with E-state index in [1.807, 2.05) is 0 Å². The maximum absolute atomic E-state index is 12.8. The minimum atomic E-state index is -1.41. The summed E-state index contributed by atoms with van der Waals surface area (Å²) >= 11 is 12.1. The van der Waals surface area contributed by atoms with Gasteiger partial charge in [0.15, 0.2) is 11.5 Å². The minimum Gasteiger partial charge on any atom is -0.505 e. The van der Waals surface area contributed by atoms with Gasteiger partial charge in [0.25, 0.3) is 0 Å². The topological polar surface area (TPSA) is 57.5 Å². The molecule has 1 aliphatic rings. The van der Waals surface area contributed by atoms with Gasteiger partial charge >= 0.3 is 0 Å². The van der Waals surface area contributed by atoms with Crippen LogP contribution in [-0.2, 0) is 12.0 Å². The lowest BCUT2D eigenvalue weighted by molar-refractivity contribution is 0.0721. The number of fused-ring (bicyclic) bond motifs is 2. The molecule has 3 aromatic carbocycles. The normalized spacial score (nSPS) is 14.7. The van der Waals surface area contributed by atoms with E-state index >= 15 is 0 Å². The second-order valence-corrected chi connectivity index (χ2v) is 7.18. The summed E-state index contributed by atoms with van der Waals surface area (Å²) in [5.41, 5.74) is 1.28. The van der Waals surface area contributed by atoms with Crippen LogP contribution in [0.3, 0.4) is 0 Å². The van der Waals surface area contributed by atoms with Gasteiger partial charge in [-0.05, 0) is 28.8 Å². The molecular formula is C21H14Cl2O3. The molecule has 0 radical (unpaired) electrons. The number of rotatable bonds is 2. The van der Waals surface area contributed by atoms with Gasteiger partial charge in [-0.15, -0.1) is 0 Å². The standard InChI is InChI=1S/C21H14Cl2O3/c22-17-9-12(10-18(23)20(17)25)11-21(26)15-7-3-1-5-13(15)19(24)14-6-2-4-8-16(14)21/h1-10,25-26H,11H2. The van der Waals surface area contributed by atoms with Gasteiger partial charge < -0.3 is 10.2 Å². The number of aromatic hydroxyl groups is 1. The molecule has 130 valence electrons. The molecule has 4 rings (SSSR count). The number of carbonyl (C=O) groups is 1. The van der Waals surface area contributed by atoms with E-state index in [4.69, 9.17) is 23.2 Å². The zero-order valence-corrected chi connectivity index (χ0v) is 15.1. The van der Waals surface area contributed by atoms with Crippen molar-refractivity contribution in [2.24, 2.45) is 0 Å². The van der Waals surface area contributed by atoms with Crippen molar-refractivity contribution in [2.45, 2.75) is 12.0 Å². The van der Waals surface area contributed by atoms with Crippen molar-refractivity contribution in [2.75, 3.05) is 0 Å². The lowest BCUT2D eigenvalue weighted by atomic mass is 9.71. The Balaban J connectivity index is 1.93. The number of ketones is 1. The molecule has 0 amide bonds. The first-order chi connectivity index (χ1) is 12.4. The third-order valence-corrected chi connectivity index (χ3v) is 5.35. The van der Waals surface area contributed by atoms with E-state index in [1.165, 1.54) is 0 Å². The average Bonchev–Trinajstić information content (AvgIpc) is 2.64. The Morgan fingerprint density at radius 2 is 1.31 bits per heavy atom. The molecule has 0 aliphatic heterocycles. The van der Waals surface area contributed by atoms with Gasteiger partial charge in [-0.1, -0.05) is 71.7 Å². The largest absolute Gasteiger partial charge is 0.505 e. The fourth-order valence-electron chi connectivity index (χ4n) is 3.58. The highest BCUT2D eigenvalue weighted by atomic mass is 35.5. The number of aliphatic hydroxyl groups is 1. The van der Waals surface area contributed by atoms with Gasteiger partial charge in [-0.2, -0.15) is 0 Å². The summed E-state index contributed by atoms with van der Waals surface area (Å²) in [6, 6.07) is 17.2. The van der Waals surface area contributed by atoms with Crippen molar-refractivity contribution in [1.29, 1.82) is 0 Å². The van der Waals surface area contributed by atoms with Crippen molar-refractivity contribution in [3.8, 4) is 5.75 Å². The molecule has 0 heterocycles. The molecule has 0 unspecified atom stereocenters. The number of hydrogen-bond donors (Lipinski definition) is 2. The first-order valence-electron chi connectivity index (χ1n) is 8.05. The van der Waals surface area contributed by atoms with Crippen molar-refractivity contribution >= 4 is 29.0 Å². The lowest BCUT2D eigenvalue weighted by Gasteiger charge is -2.36. The van der Waals surface area contributed by atoms with Crippen molar-refractivity contribution in [3.05, 3.63) is 98.5 Å². The highest BCUT2D eigenvalue weighted by Gasteiger charge is 2.42. The Labute approximate surface area is 160 Å². The van der Waals surface area contributed by atoms with Gasteiger partial charge in [-0.25, -0.2) is 0 Å². The van der Waals surface area contributed by atoms with Crippen LogP contribution < -0.4 is 0 Å². The quantitative estimate of drug-likeness (QED) is 0.671. The molecule has 26 heavy (non-hydrogen) atoms. The predicted molar refractivity (Wildman–Crippen MR) is 101 cm³/mol. The van der Waals surface area contributed by atoms with Gasteiger partial charge in [0.1, 0.15) is 5.60 Å². The van der Waals surface area contributed by atoms with Crippen molar-refractivity contribution in [3.63, 3.8) is 0 Å². The maximum atomic E-state index is 12.8. The second-order valence-electron chi connectivity index (χ2n) is 6.37. The zero-order valence-electron chi connectivity index (χ0n) is 13.5. The summed E-state index contributed by atoms with van der Waals surface area (Å²) < 4.78 is 0. The summed E-state index contributed by atoms with van der Waals surface area (Å²) in [6.45, 7) is 0. The Morgan fingerprint density at radius 3 is 1.81 bits per heavy atom. The van der Waals surface area contributed by atoms with Gasteiger partial charge in [-0.3, -0.25) is 4.79 Å². The Hall–Kier alpha value is -2.33. The Morgan fingerprint density at radius 1 is 0.846 bits per heavy atom. The molecule has 0 fully saturated rings. The predicted octanol–water partition coefficient (Wildman–Crippen LogP) is 4.72. The molecule has 3 nitrogen and oxygen atoms in total. The molecule has 1 aliphatic carbocycles. The van der Waals surface area contributed by atoms with E-state index in [1.54, 1.807) is 60.7 Å². The smallest absolute Gasteiger partial charge is 0.193 e. The highest BCUT2D eigenvalue weighted by molar-refractivity contribution is 6.37. The van der Waals surface area contributed by atoms with Crippen LogP contribution in [0.2, 0.25) is 10.0 Å². The van der Waals surface area contributed by atoms with Crippen LogP contribution in [0.5, 0.6) is 5.75 Å². The number of carbonyl (C=O) groups excluding carboxylic acids is 1. The van der Waals surface area contributed by atoms with Crippen LogP contribution in [-0.4, -0.2) is 16.0 Å². The summed E-state index contributed by atoms with van der Waals surface area (Å²) in [5, 5.41) is 21.7. The molecule has 5 heteroatoms. The SMILES string of the molecule is O=C1c2ccccc2C(O)(Cc2cc(Cl)c(O)c(Cl)c2)c2ccccc21. The number of phenolic OH excluding ortho intramolecular Hbond substituents is 1. The third-order valence-electron chi connectivity index (χ3n) is 4.77. The van der Waals surface area contributed by atoms with E-state index in [0.29, 0.717) is 27.8 Å². The molecular weight excluding hydrogens is 371 g/mol. The molecule has 2 N–H and O–H groups in total. The Kier molecular flexibility index (Phi) is 4.03. The van der Waals surface area contributed by atoms with Crippen LogP contribution in [0.15, 0.2) is 60.7 Å². The van der Waals surface area contributed by atoms with Gasteiger partial charge in [0.2, 0.25) is 0 Å². The summed E-state index contributed by atoms with van der Waals surface area (Å²) in [4.78, 5) is 12.8. The number of phenols is 1. The molecule has 0 saturated heterocycles. The van der Waals surface area contributed by atoms with E-state index in [-0.39, 0.29) is 28.0 Å². The zero-order chi connectivity index (χ0) is 18.5. The number of hydrogen-bond acceptors (Lipinski definition) is 3. The van der Waals surface area contributed by atoms with Crippen LogP contribution in [0, 0.1) is 0 Å². The summed E-state index contributed by atoms with van der Waals surface area (Å²) in [5.74, 6) is -0.300. The monoisotopic (exact) mass is 384 g/mol. The van der Waals surface area contributed by atoms with E-state index in [0.717, 1.165) is 0 Å². The first-order valence-corrected chi connectivity index (χ1v) is 8.80. The number of benzene rings is 3. The highest BCUT2D eigenvalue weighted by Crippen LogP contribution is 2.43. The van der Waals surface area contributed by atoms with Crippen molar-refractivity contribution in [1.82, 2.24) is 0 Å². The van der Waals surface area contributed by atoms with Gasteiger partial charge in [0, 0.05) is 17.5 Å². The van der Waals surface area contributed by atoms with E-state index in [2.05, 4.69) is 0 Å². The second kappa shape index (κ2) is 6.13. The lowest BCUT2D eigenvalue weighted by Crippen LogP contribution is -2.37. The van der Waals surface area contributed by atoms with Crippen LogP contribution >= 0.6 is 23.2 Å². The molecule has 3 aromatic rings. The van der Waals surface area contributed by atoms with E-state index < -0.39 is 5.60 Å². The molecule has 0 saturated carbocycles. The van der Waals surface area contributed by atoms with Crippen LogP contribution in [0.4, 0.5) is 0 Å². The molecule has 0 bridgehead atoms. The first kappa shape index (κ1) is 17.1. The third kappa shape index (κ3) is 2.52. The van der Waals surface area contributed by atoms with Crippen LogP contribution in [0.25, 0.3) is 0 Å².